The van der Waals surface area contributed by atoms with Crippen LogP contribution >= 0.6 is 0 Å². The molecular formula is C23H28O2. The Bertz CT molecular complexity index is 660. The highest BCUT2D eigenvalue weighted by Crippen LogP contribution is 2.34. The molecule has 1 saturated carbocycles. The molecule has 1 aliphatic rings. The maximum absolute atomic E-state index is 12.2. The van der Waals surface area contributed by atoms with E-state index in [0.717, 1.165) is 32.1 Å². The van der Waals surface area contributed by atoms with Gasteiger partial charge in [0, 0.05) is 0 Å². The van der Waals surface area contributed by atoms with Crippen molar-refractivity contribution < 1.29 is 9.53 Å². The van der Waals surface area contributed by atoms with E-state index in [1.54, 1.807) is 0 Å². The van der Waals surface area contributed by atoms with Crippen molar-refractivity contribution >= 4 is 5.97 Å². The summed E-state index contributed by atoms with van der Waals surface area (Å²) >= 11 is 0. The summed E-state index contributed by atoms with van der Waals surface area (Å²) in [4.78, 5) is 12.2. The SMILES string of the molecule is CCOC(=O)[C@@H]1CCCC[C@H]1CCc1ccc(-c2ccccc2)cc1. The molecule has 1 aliphatic carbocycles. The van der Waals surface area contributed by atoms with E-state index in [4.69, 9.17) is 4.74 Å². The number of hydrogen-bond acceptors (Lipinski definition) is 2. The number of ether oxygens (including phenoxy) is 1. The van der Waals surface area contributed by atoms with Gasteiger partial charge >= 0.3 is 5.97 Å². The van der Waals surface area contributed by atoms with Crippen LogP contribution in [0.1, 0.15) is 44.6 Å². The molecule has 1 fully saturated rings. The van der Waals surface area contributed by atoms with Gasteiger partial charge < -0.3 is 4.74 Å². The first-order valence-electron chi connectivity index (χ1n) is 9.59. The van der Waals surface area contributed by atoms with Crippen LogP contribution in [0.15, 0.2) is 54.6 Å². The standard InChI is InChI=1S/C23H28O2/c1-2-25-23(24)22-11-7-6-10-21(22)17-14-18-12-15-20(16-13-18)19-8-4-3-5-9-19/h3-5,8-9,12-13,15-16,21-22H,2,6-7,10-11,14,17H2,1H3/t21-,22+/m0/s1. The molecule has 0 bridgehead atoms. The van der Waals surface area contributed by atoms with Crippen molar-refractivity contribution in [3.05, 3.63) is 60.2 Å². The van der Waals surface area contributed by atoms with Crippen molar-refractivity contribution in [3.8, 4) is 11.1 Å². The molecule has 0 spiro atoms. The normalized spacial score (nSPS) is 20.2. The van der Waals surface area contributed by atoms with Gasteiger partial charge in [-0.15, -0.1) is 0 Å². The highest BCUT2D eigenvalue weighted by molar-refractivity contribution is 5.72. The van der Waals surface area contributed by atoms with E-state index in [2.05, 4.69) is 48.5 Å². The molecule has 0 N–H and O–H groups in total. The first kappa shape index (κ1) is 17.7. The number of esters is 1. The summed E-state index contributed by atoms with van der Waals surface area (Å²) in [6.07, 6.45) is 6.67. The Kier molecular flexibility index (Phi) is 6.27. The Labute approximate surface area is 151 Å². The quantitative estimate of drug-likeness (QED) is 0.637. The van der Waals surface area contributed by atoms with Crippen LogP contribution in [0.3, 0.4) is 0 Å². The first-order valence-corrected chi connectivity index (χ1v) is 9.59. The Morgan fingerprint density at radius 2 is 1.64 bits per heavy atom. The van der Waals surface area contributed by atoms with Crippen LogP contribution in [0.2, 0.25) is 0 Å². The average molecular weight is 336 g/mol. The van der Waals surface area contributed by atoms with Gasteiger partial charge in [0.05, 0.1) is 12.5 Å². The van der Waals surface area contributed by atoms with Gasteiger partial charge in [-0.2, -0.15) is 0 Å². The van der Waals surface area contributed by atoms with Gasteiger partial charge in [-0.1, -0.05) is 67.4 Å². The number of aryl methyl sites for hydroxylation is 1. The Morgan fingerprint density at radius 1 is 0.960 bits per heavy atom. The Hall–Kier alpha value is -2.09. The van der Waals surface area contributed by atoms with Crippen molar-refractivity contribution in [3.63, 3.8) is 0 Å². The van der Waals surface area contributed by atoms with Crippen molar-refractivity contribution in [2.24, 2.45) is 11.8 Å². The summed E-state index contributed by atoms with van der Waals surface area (Å²) in [6.45, 7) is 2.38. The molecule has 3 rings (SSSR count). The Balaban J connectivity index is 1.59. The van der Waals surface area contributed by atoms with Crippen LogP contribution in [0.25, 0.3) is 11.1 Å². The lowest BCUT2D eigenvalue weighted by molar-refractivity contribution is -0.151. The lowest BCUT2D eigenvalue weighted by Crippen LogP contribution is -2.29. The van der Waals surface area contributed by atoms with Crippen LogP contribution < -0.4 is 0 Å². The van der Waals surface area contributed by atoms with Gasteiger partial charge in [0.25, 0.3) is 0 Å². The number of carbonyl (C=O) groups excluding carboxylic acids is 1. The number of hydrogen-bond donors (Lipinski definition) is 0. The molecule has 2 heteroatoms. The van der Waals surface area contributed by atoms with Crippen molar-refractivity contribution in [2.45, 2.75) is 45.4 Å². The minimum absolute atomic E-state index is 0.0200. The molecule has 0 unspecified atom stereocenters. The molecule has 0 aromatic heterocycles. The fourth-order valence-electron chi connectivity index (χ4n) is 3.96. The lowest BCUT2D eigenvalue weighted by Gasteiger charge is -2.29. The Morgan fingerprint density at radius 3 is 2.36 bits per heavy atom. The first-order chi connectivity index (χ1) is 12.3. The van der Waals surface area contributed by atoms with E-state index in [9.17, 15) is 4.79 Å². The summed E-state index contributed by atoms with van der Waals surface area (Å²) in [5.41, 5.74) is 3.86. The summed E-state index contributed by atoms with van der Waals surface area (Å²) in [7, 11) is 0. The third kappa shape index (κ3) is 4.72. The minimum atomic E-state index is 0.0200. The largest absolute Gasteiger partial charge is 0.466 e. The zero-order valence-electron chi connectivity index (χ0n) is 15.1. The van der Waals surface area contributed by atoms with Crippen molar-refractivity contribution in [2.75, 3.05) is 6.61 Å². The van der Waals surface area contributed by atoms with Crippen LogP contribution in [0.5, 0.6) is 0 Å². The third-order valence-electron chi connectivity index (χ3n) is 5.36. The van der Waals surface area contributed by atoms with Crippen LogP contribution in [0.4, 0.5) is 0 Å². The second-order valence-corrected chi connectivity index (χ2v) is 7.00. The monoisotopic (exact) mass is 336 g/mol. The van der Waals surface area contributed by atoms with Crippen molar-refractivity contribution in [1.29, 1.82) is 0 Å². The van der Waals surface area contributed by atoms with Gasteiger partial charge in [0.2, 0.25) is 0 Å². The summed E-state index contributed by atoms with van der Waals surface area (Å²) < 4.78 is 5.29. The lowest BCUT2D eigenvalue weighted by atomic mass is 9.76. The van der Waals surface area contributed by atoms with Gasteiger partial charge in [-0.3, -0.25) is 4.79 Å². The van der Waals surface area contributed by atoms with E-state index >= 15 is 0 Å². The van der Waals surface area contributed by atoms with E-state index in [1.165, 1.54) is 23.1 Å². The van der Waals surface area contributed by atoms with E-state index in [0.29, 0.717) is 12.5 Å². The van der Waals surface area contributed by atoms with Crippen LogP contribution in [-0.2, 0) is 16.0 Å². The molecule has 2 aromatic carbocycles. The molecule has 25 heavy (non-hydrogen) atoms. The predicted molar refractivity (Wildman–Crippen MR) is 102 cm³/mol. The highest BCUT2D eigenvalue weighted by Gasteiger charge is 2.31. The smallest absolute Gasteiger partial charge is 0.309 e. The highest BCUT2D eigenvalue weighted by atomic mass is 16.5. The predicted octanol–water partition coefficient (Wildman–Crippen LogP) is 5.66. The van der Waals surface area contributed by atoms with E-state index in [-0.39, 0.29) is 11.9 Å². The molecule has 2 aromatic rings. The van der Waals surface area contributed by atoms with Crippen molar-refractivity contribution in [1.82, 2.24) is 0 Å². The maximum atomic E-state index is 12.2. The fourth-order valence-corrected chi connectivity index (χ4v) is 3.96. The molecule has 0 amide bonds. The zero-order valence-corrected chi connectivity index (χ0v) is 15.1. The maximum Gasteiger partial charge on any atom is 0.309 e. The minimum Gasteiger partial charge on any atom is -0.466 e. The molecular weight excluding hydrogens is 308 g/mol. The molecule has 0 aliphatic heterocycles. The van der Waals surface area contributed by atoms with Gasteiger partial charge in [0.1, 0.15) is 0 Å². The molecule has 0 saturated heterocycles. The summed E-state index contributed by atoms with van der Waals surface area (Å²) in [5.74, 6) is 0.602. The van der Waals surface area contributed by atoms with E-state index < -0.39 is 0 Å². The third-order valence-corrected chi connectivity index (χ3v) is 5.36. The second kappa shape index (κ2) is 8.84. The summed E-state index contributed by atoms with van der Waals surface area (Å²) in [5, 5.41) is 0. The van der Waals surface area contributed by atoms with Gasteiger partial charge in [0.15, 0.2) is 0 Å². The van der Waals surface area contributed by atoms with Crippen LogP contribution in [-0.4, -0.2) is 12.6 Å². The molecule has 0 heterocycles. The molecule has 2 nitrogen and oxygen atoms in total. The molecule has 132 valence electrons. The van der Waals surface area contributed by atoms with Gasteiger partial charge in [-0.25, -0.2) is 0 Å². The molecule has 0 radical (unpaired) electrons. The second-order valence-electron chi connectivity index (χ2n) is 7.00. The van der Waals surface area contributed by atoms with E-state index in [1.807, 2.05) is 13.0 Å². The summed E-state index contributed by atoms with van der Waals surface area (Å²) in [6, 6.07) is 19.3. The van der Waals surface area contributed by atoms with Crippen LogP contribution in [0, 0.1) is 11.8 Å². The average Bonchev–Trinajstić information content (AvgIpc) is 2.68. The number of rotatable bonds is 6. The topological polar surface area (TPSA) is 26.3 Å². The fraction of sp³-hybridized carbons (Fsp3) is 0.435. The zero-order chi connectivity index (χ0) is 17.5. The number of carbonyl (C=O) groups is 1. The van der Waals surface area contributed by atoms with Gasteiger partial charge in [-0.05, 0) is 55.2 Å². The number of benzene rings is 2. The molecule has 2 atom stereocenters.